The molecule has 0 radical (unpaired) electrons. The topological polar surface area (TPSA) is 81.1 Å². The summed E-state index contributed by atoms with van der Waals surface area (Å²) < 4.78 is 0. The van der Waals surface area contributed by atoms with E-state index in [4.69, 9.17) is 11.5 Å². The molecule has 0 aromatic rings. The maximum atomic E-state index is 11.7. The van der Waals surface area contributed by atoms with Gasteiger partial charge in [-0.05, 0) is 25.2 Å². The highest BCUT2D eigenvalue weighted by Crippen LogP contribution is 2.09. The third-order valence-corrected chi connectivity index (χ3v) is 3.09. The molecule has 0 fully saturated rings. The molecule has 5 N–H and O–H groups in total. The number of carbonyl (C=O) groups is 1. The second kappa shape index (κ2) is 6.86. The smallest absolute Gasteiger partial charge is 0.236 e. The van der Waals surface area contributed by atoms with Crippen LogP contribution in [0.25, 0.3) is 0 Å². The minimum absolute atomic E-state index is 0.0922. The predicted molar refractivity (Wildman–Crippen MR) is 67.9 cm³/mol. The van der Waals surface area contributed by atoms with Gasteiger partial charge in [0.1, 0.15) is 0 Å². The summed E-state index contributed by atoms with van der Waals surface area (Å²) in [6.45, 7) is 8.68. The Bertz CT molecular complexity index is 212. The number of nitrogens with two attached hydrogens (primary N) is 2. The van der Waals surface area contributed by atoms with E-state index in [1.165, 1.54) is 0 Å². The number of nitrogens with one attached hydrogen (secondary N) is 1. The highest BCUT2D eigenvalue weighted by atomic mass is 16.2. The summed E-state index contributed by atoms with van der Waals surface area (Å²) in [4.78, 5) is 11.7. The van der Waals surface area contributed by atoms with Crippen LogP contribution in [0.4, 0.5) is 0 Å². The Morgan fingerprint density at radius 2 is 1.81 bits per heavy atom. The van der Waals surface area contributed by atoms with Gasteiger partial charge >= 0.3 is 0 Å². The van der Waals surface area contributed by atoms with Crippen LogP contribution in [0.15, 0.2) is 0 Å². The number of hydrogen-bond acceptors (Lipinski definition) is 3. The minimum atomic E-state index is -0.419. The van der Waals surface area contributed by atoms with Gasteiger partial charge in [0.05, 0.1) is 6.04 Å². The fourth-order valence-corrected chi connectivity index (χ4v) is 1.51. The number of hydrogen-bond donors (Lipinski definition) is 3. The Balaban J connectivity index is 4.06. The molecule has 0 aliphatic carbocycles. The van der Waals surface area contributed by atoms with Gasteiger partial charge in [0.25, 0.3) is 0 Å². The van der Waals surface area contributed by atoms with Gasteiger partial charge in [0.15, 0.2) is 0 Å². The fraction of sp³-hybridized carbons (Fsp3) is 0.917. The molecule has 0 aliphatic rings. The minimum Gasteiger partial charge on any atom is -0.353 e. The zero-order valence-electron chi connectivity index (χ0n) is 11.0. The molecule has 0 bridgehead atoms. The highest BCUT2D eigenvalue weighted by molar-refractivity contribution is 5.81. The Morgan fingerprint density at radius 1 is 1.31 bits per heavy atom. The average molecular weight is 229 g/mol. The van der Waals surface area contributed by atoms with Crippen molar-refractivity contribution in [2.24, 2.45) is 17.4 Å². The average Bonchev–Trinajstić information content (AvgIpc) is 2.24. The van der Waals surface area contributed by atoms with Gasteiger partial charge in [0, 0.05) is 12.1 Å². The summed E-state index contributed by atoms with van der Waals surface area (Å²) in [5.74, 6) is 0.339. The van der Waals surface area contributed by atoms with Gasteiger partial charge in [-0.3, -0.25) is 4.79 Å². The van der Waals surface area contributed by atoms with Crippen molar-refractivity contribution in [3.8, 4) is 0 Å². The van der Waals surface area contributed by atoms with E-state index >= 15 is 0 Å². The molecule has 0 heterocycles. The van der Waals surface area contributed by atoms with Crippen molar-refractivity contribution >= 4 is 5.91 Å². The van der Waals surface area contributed by atoms with Crippen molar-refractivity contribution in [2.75, 3.05) is 6.54 Å². The van der Waals surface area contributed by atoms with Gasteiger partial charge in [-0.1, -0.05) is 27.7 Å². The third-order valence-electron chi connectivity index (χ3n) is 3.09. The first-order chi connectivity index (χ1) is 7.34. The molecule has 0 saturated heterocycles. The molecule has 4 heteroatoms. The molecule has 0 saturated carbocycles. The van der Waals surface area contributed by atoms with Crippen molar-refractivity contribution in [2.45, 2.75) is 58.5 Å². The first kappa shape index (κ1) is 15.4. The largest absolute Gasteiger partial charge is 0.353 e. The monoisotopic (exact) mass is 229 g/mol. The molecular formula is C12H27N3O. The molecule has 0 aliphatic heterocycles. The SMILES string of the molecule is CCC(N)(CC)CNC(=O)[C@@H](N)CC(C)C. The van der Waals surface area contributed by atoms with Crippen molar-refractivity contribution in [3.63, 3.8) is 0 Å². The van der Waals surface area contributed by atoms with Crippen molar-refractivity contribution in [1.82, 2.24) is 5.32 Å². The lowest BCUT2D eigenvalue weighted by Crippen LogP contribution is -2.52. The van der Waals surface area contributed by atoms with Gasteiger partial charge in [-0.2, -0.15) is 0 Å². The summed E-state index contributed by atoms with van der Waals surface area (Å²) in [6, 6.07) is -0.419. The molecule has 0 rings (SSSR count). The van der Waals surface area contributed by atoms with Crippen LogP contribution >= 0.6 is 0 Å². The van der Waals surface area contributed by atoms with E-state index in [1.54, 1.807) is 0 Å². The van der Waals surface area contributed by atoms with Crippen molar-refractivity contribution < 1.29 is 4.79 Å². The van der Waals surface area contributed by atoms with Crippen LogP contribution in [-0.2, 0) is 4.79 Å². The zero-order valence-corrected chi connectivity index (χ0v) is 11.0. The molecule has 4 nitrogen and oxygen atoms in total. The molecule has 16 heavy (non-hydrogen) atoms. The standard InChI is InChI=1S/C12H27N3O/c1-5-12(14,6-2)8-15-11(16)10(13)7-9(3)4/h9-10H,5-8,13-14H2,1-4H3,(H,15,16)/t10-/m0/s1. The van der Waals surface area contributed by atoms with Gasteiger partial charge in [0.2, 0.25) is 5.91 Å². The predicted octanol–water partition coefficient (Wildman–Crippen LogP) is 0.994. The molecule has 1 atom stereocenters. The molecule has 96 valence electrons. The van der Waals surface area contributed by atoms with Crippen LogP contribution in [0.5, 0.6) is 0 Å². The Hall–Kier alpha value is -0.610. The van der Waals surface area contributed by atoms with E-state index < -0.39 is 6.04 Å². The Kier molecular flexibility index (Phi) is 6.60. The second-order valence-corrected chi connectivity index (χ2v) is 5.02. The lowest BCUT2D eigenvalue weighted by Gasteiger charge is -2.27. The Labute approximate surface area is 99.1 Å². The maximum absolute atomic E-state index is 11.7. The van der Waals surface area contributed by atoms with Crippen LogP contribution < -0.4 is 16.8 Å². The second-order valence-electron chi connectivity index (χ2n) is 5.02. The van der Waals surface area contributed by atoms with Gasteiger partial charge in [-0.15, -0.1) is 0 Å². The number of carbonyl (C=O) groups excluding carboxylic acids is 1. The van der Waals surface area contributed by atoms with E-state index in [0.717, 1.165) is 12.8 Å². The van der Waals surface area contributed by atoms with E-state index in [1.807, 2.05) is 13.8 Å². The zero-order chi connectivity index (χ0) is 12.8. The molecule has 0 spiro atoms. The summed E-state index contributed by atoms with van der Waals surface area (Å²) in [7, 11) is 0. The van der Waals surface area contributed by atoms with Gasteiger partial charge in [-0.25, -0.2) is 0 Å². The molecular weight excluding hydrogens is 202 g/mol. The lowest BCUT2D eigenvalue weighted by molar-refractivity contribution is -0.123. The quantitative estimate of drug-likeness (QED) is 0.609. The van der Waals surface area contributed by atoms with Crippen LogP contribution in [0, 0.1) is 5.92 Å². The van der Waals surface area contributed by atoms with E-state index in [0.29, 0.717) is 18.9 Å². The maximum Gasteiger partial charge on any atom is 0.236 e. The van der Waals surface area contributed by atoms with Crippen molar-refractivity contribution in [1.29, 1.82) is 0 Å². The summed E-state index contributed by atoms with van der Waals surface area (Å²) in [5, 5.41) is 2.84. The third kappa shape index (κ3) is 5.47. The highest BCUT2D eigenvalue weighted by Gasteiger charge is 2.22. The Morgan fingerprint density at radius 3 is 2.19 bits per heavy atom. The number of amides is 1. The number of rotatable bonds is 7. The van der Waals surface area contributed by atoms with Crippen LogP contribution in [-0.4, -0.2) is 24.0 Å². The summed E-state index contributed by atoms with van der Waals surface area (Å²) >= 11 is 0. The van der Waals surface area contributed by atoms with Crippen LogP contribution in [0.1, 0.15) is 47.0 Å². The van der Waals surface area contributed by atoms with Crippen LogP contribution in [0.3, 0.4) is 0 Å². The molecule has 1 amide bonds. The summed E-state index contributed by atoms with van der Waals surface area (Å²) in [5.41, 5.74) is 11.6. The molecule has 0 unspecified atom stereocenters. The first-order valence-corrected chi connectivity index (χ1v) is 6.16. The summed E-state index contributed by atoms with van der Waals surface area (Å²) in [6.07, 6.45) is 2.41. The fourth-order valence-electron chi connectivity index (χ4n) is 1.51. The lowest BCUT2D eigenvalue weighted by atomic mass is 9.94. The van der Waals surface area contributed by atoms with Gasteiger partial charge < -0.3 is 16.8 Å². The molecule has 0 aromatic heterocycles. The van der Waals surface area contributed by atoms with Crippen molar-refractivity contribution in [3.05, 3.63) is 0 Å². The molecule has 0 aromatic carbocycles. The van der Waals surface area contributed by atoms with Crippen LogP contribution in [0.2, 0.25) is 0 Å². The normalized spacial score (nSPS) is 13.9. The van der Waals surface area contributed by atoms with E-state index in [-0.39, 0.29) is 11.4 Å². The van der Waals surface area contributed by atoms with E-state index in [9.17, 15) is 4.79 Å². The first-order valence-electron chi connectivity index (χ1n) is 6.16. The van der Waals surface area contributed by atoms with E-state index in [2.05, 4.69) is 19.2 Å².